The van der Waals surface area contributed by atoms with Gasteiger partial charge in [0.15, 0.2) is 0 Å². The minimum absolute atomic E-state index is 0.0484. The number of aryl methyl sites for hydroxylation is 1. The summed E-state index contributed by atoms with van der Waals surface area (Å²) in [7, 11) is 0. The average molecular weight is 447 g/mol. The van der Waals surface area contributed by atoms with Crippen LogP contribution in [0.4, 0.5) is 5.69 Å². The Kier molecular flexibility index (Phi) is 8.81. The Morgan fingerprint density at radius 2 is 1.76 bits per heavy atom. The van der Waals surface area contributed by atoms with E-state index in [0.717, 1.165) is 48.2 Å². The van der Waals surface area contributed by atoms with Crippen molar-refractivity contribution in [3.05, 3.63) is 72.6 Å². The summed E-state index contributed by atoms with van der Waals surface area (Å²) < 4.78 is 2.06. The number of carbonyl (C=O) groups is 2. The predicted molar refractivity (Wildman–Crippen MR) is 134 cm³/mol. The van der Waals surface area contributed by atoms with Gasteiger partial charge in [-0.3, -0.25) is 9.59 Å². The Balaban J connectivity index is 1.69. The van der Waals surface area contributed by atoms with Gasteiger partial charge in [-0.15, -0.1) is 0 Å². The zero-order valence-corrected chi connectivity index (χ0v) is 19.8. The van der Waals surface area contributed by atoms with Crippen molar-refractivity contribution in [3.8, 4) is 0 Å². The molecule has 6 heteroatoms. The molecule has 0 atom stereocenters. The summed E-state index contributed by atoms with van der Waals surface area (Å²) in [4.78, 5) is 31.6. The third-order valence-corrected chi connectivity index (χ3v) is 5.54. The van der Waals surface area contributed by atoms with Crippen molar-refractivity contribution in [2.75, 3.05) is 11.4 Å². The molecule has 33 heavy (non-hydrogen) atoms. The summed E-state index contributed by atoms with van der Waals surface area (Å²) in [6, 6.07) is 17.8. The highest BCUT2D eigenvalue weighted by Crippen LogP contribution is 2.21. The van der Waals surface area contributed by atoms with Crippen molar-refractivity contribution in [1.29, 1.82) is 0 Å². The van der Waals surface area contributed by atoms with Crippen LogP contribution in [0, 0.1) is 0 Å². The number of hydrogen-bond donors (Lipinski definition) is 1. The molecule has 0 bridgehead atoms. The van der Waals surface area contributed by atoms with E-state index in [9.17, 15) is 9.59 Å². The molecular weight excluding hydrogens is 412 g/mol. The van der Waals surface area contributed by atoms with Crippen molar-refractivity contribution in [1.82, 2.24) is 14.9 Å². The highest BCUT2D eigenvalue weighted by Gasteiger charge is 2.21. The minimum Gasteiger partial charge on any atom is -0.353 e. The summed E-state index contributed by atoms with van der Waals surface area (Å²) in [5.41, 5.74) is 2.80. The molecule has 1 heterocycles. The van der Waals surface area contributed by atoms with Gasteiger partial charge in [0.2, 0.25) is 11.8 Å². The topological polar surface area (TPSA) is 67.2 Å². The first-order valence-corrected chi connectivity index (χ1v) is 11.7. The number of amides is 2. The van der Waals surface area contributed by atoms with Gasteiger partial charge >= 0.3 is 0 Å². The fourth-order valence-corrected chi connectivity index (χ4v) is 4.03. The van der Waals surface area contributed by atoms with Gasteiger partial charge in [0.05, 0.1) is 11.0 Å². The summed E-state index contributed by atoms with van der Waals surface area (Å²) in [5.74, 6) is 0.928. The molecule has 0 saturated carbocycles. The predicted octanol–water partition coefficient (Wildman–Crippen LogP) is 4.88. The van der Waals surface area contributed by atoms with E-state index in [1.54, 1.807) is 6.08 Å². The SMILES string of the molecule is C/C=C/C(=O)NCCCCCc1nc2ccccc2n1CC(=O)N(c1ccccc1)C(C)C. The van der Waals surface area contributed by atoms with E-state index < -0.39 is 0 Å². The number of hydrogen-bond acceptors (Lipinski definition) is 3. The zero-order chi connectivity index (χ0) is 23.6. The summed E-state index contributed by atoms with van der Waals surface area (Å²) in [5, 5.41) is 2.88. The van der Waals surface area contributed by atoms with Crippen molar-refractivity contribution < 1.29 is 9.59 Å². The van der Waals surface area contributed by atoms with E-state index >= 15 is 0 Å². The lowest BCUT2D eigenvalue weighted by molar-refractivity contribution is -0.119. The molecule has 3 rings (SSSR count). The molecule has 2 amide bonds. The van der Waals surface area contributed by atoms with Crippen molar-refractivity contribution in [2.45, 2.75) is 59.0 Å². The van der Waals surface area contributed by atoms with Crippen LogP contribution in [0.1, 0.15) is 45.9 Å². The summed E-state index contributed by atoms with van der Waals surface area (Å²) in [6.07, 6.45) is 6.91. The van der Waals surface area contributed by atoms with Gasteiger partial charge in [-0.2, -0.15) is 0 Å². The molecule has 0 fully saturated rings. The lowest BCUT2D eigenvalue weighted by atomic mass is 10.2. The molecule has 0 aliphatic rings. The Hall–Kier alpha value is -3.41. The van der Waals surface area contributed by atoms with Crippen molar-refractivity contribution in [3.63, 3.8) is 0 Å². The van der Waals surface area contributed by atoms with Gasteiger partial charge < -0.3 is 14.8 Å². The first-order chi connectivity index (χ1) is 16.0. The first kappa shape index (κ1) is 24.2. The highest BCUT2D eigenvalue weighted by molar-refractivity contribution is 5.94. The van der Waals surface area contributed by atoms with E-state index in [-0.39, 0.29) is 24.4 Å². The lowest BCUT2D eigenvalue weighted by Crippen LogP contribution is -2.39. The number of anilines is 1. The Labute approximate surface area is 196 Å². The highest BCUT2D eigenvalue weighted by atomic mass is 16.2. The Morgan fingerprint density at radius 3 is 2.48 bits per heavy atom. The standard InChI is InChI=1S/C27H34N4O2/c1-4-13-26(32)28-19-12-6-9-18-25-29-23-16-10-11-17-24(23)30(25)20-27(33)31(21(2)3)22-14-7-5-8-15-22/h4-5,7-8,10-11,13-17,21H,6,9,12,18-20H2,1-3H3,(H,28,32)/b13-4+. The van der Waals surface area contributed by atoms with E-state index in [0.29, 0.717) is 6.54 Å². The number of carbonyl (C=O) groups excluding carboxylic acids is 2. The normalized spacial score (nSPS) is 11.4. The molecule has 2 aromatic carbocycles. The zero-order valence-electron chi connectivity index (χ0n) is 19.8. The molecule has 1 N–H and O–H groups in total. The number of allylic oxidation sites excluding steroid dienone is 1. The van der Waals surface area contributed by atoms with Crippen LogP contribution in [0.5, 0.6) is 0 Å². The minimum atomic E-state index is -0.0501. The van der Waals surface area contributed by atoms with Gasteiger partial charge in [-0.05, 0) is 64.0 Å². The quantitative estimate of drug-likeness (QED) is 0.337. The number of nitrogens with one attached hydrogen (secondary N) is 1. The maximum absolute atomic E-state index is 13.4. The van der Waals surface area contributed by atoms with Gasteiger partial charge in [-0.1, -0.05) is 42.8 Å². The van der Waals surface area contributed by atoms with Crippen LogP contribution in [-0.4, -0.2) is 34.0 Å². The van der Waals surface area contributed by atoms with Crippen LogP contribution in [0.25, 0.3) is 11.0 Å². The molecule has 0 saturated heterocycles. The maximum Gasteiger partial charge on any atom is 0.247 e. The summed E-state index contributed by atoms with van der Waals surface area (Å²) >= 11 is 0. The molecule has 0 radical (unpaired) electrons. The van der Waals surface area contributed by atoms with Gasteiger partial charge in [0.1, 0.15) is 12.4 Å². The van der Waals surface area contributed by atoms with Gasteiger partial charge in [0.25, 0.3) is 0 Å². The number of para-hydroxylation sites is 3. The number of imidazole rings is 1. The van der Waals surface area contributed by atoms with E-state index in [2.05, 4.69) is 9.88 Å². The molecule has 3 aromatic rings. The number of benzene rings is 2. The second kappa shape index (κ2) is 12.0. The average Bonchev–Trinajstić information content (AvgIpc) is 3.14. The van der Waals surface area contributed by atoms with Crippen LogP contribution in [0.3, 0.4) is 0 Å². The van der Waals surface area contributed by atoms with Crippen molar-refractivity contribution >= 4 is 28.5 Å². The smallest absolute Gasteiger partial charge is 0.247 e. The maximum atomic E-state index is 13.4. The summed E-state index contributed by atoms with van der Waals surface area (Å²) in [6.45, 7) is 6.82. The number of aromatic nitrogens is 2. The van der Waals surface area contributed by atoms with Gasteiger partial charge in [-0.25, -0.2) is 4.98 Å². The van der Waals surface area contributed by atoms with E-state index in [1.807, 2.05) is 80.3 Å². The number of unbranched alkanes of at least 4 members (excludes halogenated alkanes) is 2. The molecule has 0 aliphatic heterocycles. The number of fused-ring (bicyclic) bond motifs is 1. The molecule has 1 aromatic heterocycles. The molecule has 6 nitrogen and oxygen atoms in total. The number of rotatable bonds is 11. The largest absolute Gasteiger partial charge is 0.353 e. The second-order valence-electron chi connectivity index (χ2n) is 8.40. The third-order valence-electron chi connectivity index (χ3n) is 5.54. The third kappa shape index (κ3) is 6.54. The fourth-order valence-electron chi connectivity index (χ4n) is 4.03. The second-order valence-corrected chi connectivity index (χ2v) is 8.40. The Morgan fingerprint density at radius 1 is 1.03 bits per heavy atom. The van der Waals surface area contributed by atoms with Crippen molar-refractivity contribution in [2.24, 2.45) is 0 Å². The fraction of sp³-hybridized carbons (Fsp3) is 0.370. The van der Waals surface area contributed by atoms with Crippen LogP contribution in [0.15, 0.2) is 66.7 Å². The molecule has 0 spiro atoms. The molecule has 0 aliphatic carbocycles. The van der Waals surface area contributed by atoms with Crippen LogP contribution in [-0.2, 0) is 22.6 Å². The lowest BCUT2D eigenvalue weighted by Gasteiger charge is -2.27. The first-order valence-electron chi connectivity index (χ1n) is 11.7. The van der Waals surface area contributed by atoms with E-state index in [1.165, 1.54) is 6.08 Å². The number of nitrogens with zero attached hydrogens (tertiary/aromatic N) is 3. The molecule has 0 unspecified atom stereocenters. The molecular formula is C27H34N4O2. The van der Waals surface area contributed by atoms with Gasteiger partial charge in [0, 0.05) is 24.7 Å². The monoisotopic (exact) mass is 446 g/mol. The molecule has 174 valence electrons. The van der Waals surface area contributed by atoms with Crippen LogP contribution in [0.2, 0.25) is 0 Å². The van der Waals surface area contributed by atoms with Crippen LogP contribution >= 0.6 is 0 Å². The Bertz CT molecular complexity index is 1090. The van der Waals surface area contributed by atoms with E-state index in [4.69, 9.17) is 4.98 Å². The van der Waals surface area contributed by atoms with Crippen LogP contribution < -0.4 is 10.2 Å².